The summed E-state index contributed by atoms with van der Waals surface area (Å²) in [7, 11) is 1.76. The van der Waals surface area contributed by atoms with E-state index in [1.165, 1.54) is 0 Å². The first-order valence-corrected chi connectivity index (χ1v) is 8.02. The highest BCUT2D eigenvalue weighted by atomic mass is 16.5. The zero-order chi connectivity index (χ0) is 15.6. The molecule has 120 valence electrons. The Morgan fingerprint density at radius 1 is 1.41 bits per heavy atom. The van der Waals surface area contributed by atoms with Crippen LogP contribution in [0.2, 0.25) is 0 Å². The quantitative estimate of drug-likeness (QED) is 0.840. The van der Waals surface area contributed by atoms with Crippen molar-refractivity contribution in [2.45, 2.75) is 44.3 Å². The van der Waals surface area contributed by atoms with Gasteiger partial charge in [-0.15, -0.1) is 0 Å². The lowest BCUT2D eigenvalue weighted by Crippen LogP contribution is -2.56. The van der Waals surface area contributed by atoms with E-state index in [2.05, 4.69) is 4.98 Å². The highest BCUT2D eigenvalue weighted by molar-refractivity contribution is 5.94. The highest BCUT2D eigenvalue weighted by Gasteiger charge is 2.45. The normalized spacial score (nSPS) is 24.5. The monoisotopic (exact) mass is 304 g/mol. The first kappa shape index (κ1) is 15.4. The van der Waals surface area contributed by atoms with Crippen molar-refractivity contribution in [3.63, 3.8) is 0 Å². The van der Waals surface area contributed by atoms with Gasteiger partial charge in [0.1, 0.15) is 0 Å². The predicted octanol–water partition coefficient (Wildman–Crippen LogP) is 2.19. The maximum Gasteiger partial charge on any atom is 0.255 e. The smallest absolute Gasteiger partial charge is 0.255 e. The van der Waals surface area contributed by atoms with Gasteiger partial charge in [0.2, 0.25) is 0 Å². The van der Waals surface area contributed by atoms with Gasteiger partial charge in [-0.1, -0.05) is 0 Å². The SMILES string of the molecule is CO[C@@H]1CCCOC12CCN(C(=O)c1cncc(C)c1)CC2. The van der Waals surface area contributed by atoms with E-state index in [1.54, 1.807) is 19.5 Å². The fourth-order valence-corrected chi connectivity index (χ4v) is 3.64. The maximum absolute atomic E-state index is 12.6. The Bertz CT molecular complexity index is 538. The fourth-order valence-electron chi connectivity index (χ4n) is 3.64. The van der Waals surface area contributed by atoms with Crippen molar-refractivity contribution in [3.8, 4) is 0 Å². The summed E-state index contributed by atoms with van der Waals surface area (Å²) in [4.78, 5) is 18.6. The molecule has 0 N–H and O–H groups in total. The number of hydrogen-bond donors (Lipinski definition) is 0. The Morgan fingerprint density at radius 2 is 2.18 bits per heavy atom. The third-order valence-corrected chi connectivity index (χ3v) is 4.89. The molecule has 0 aliphatic carbocycles. The highest BCUT2D eigenvalue weighted by Crippen LogP contribution is 2.37. The summed E-state index contributed by atoms with van der Waals surface area (Å²) in [6.45, 7) is 4.18. The molecule has 0 bridgehead atoms. The summed E-state index contributed by atoms with van der Waals surface area (Å²) >= 11 is 0. The topological polar surface area (TPSA) is 51.7 Å². The minimum Gasteiger partial charge on any atom is -0.378 e. The molecule has 2 fully saturated rings. The molecule has 1 spiro atoms. The molecule has 3 rings (SSSR count). The number of nitrogens with zero attached hydrogens (tertiary/aromatic N) is 2. The van der Waals surface area contributed by atoms with Crippen molar-refractivity contribution >= 4 is 5.91 Å². The van der Waals surface area contributed by atoms with E-state index in [4.69, 9.17) is 9.47 Å². The summed E-state index contributed by atoms with van der Waals surface area (Å²) in [6.07, 6.45) is 7.35. The molecule has 2 aliphatic rings. The van der Waals surface area contributed by atoms with Crippen LogP contribution in [0.3, 0.4) is 0 Å². The number of ether oxygens (including phenoxy) is 2. The number of aromatic nitrogens is 1. The first-order valence-electron chi connectivity index (χ1n) is 8.02. The van der Waals surface area contributed by atoms with Gasteiger partial charge in [-0.25, -0.2) is 0 Å². The molecule has 0 saturated carbocycles. The molecule has 1 amide bonds. The van der Waals surface area contributed by atoms with Crippen molar-refractivity contribution in [1.82, 2.24) is 9.88 Å². The number of likely N-dealkylation sites (tertiary alicyclic amines) is 1. The van der Waals surface area contributed by atoms with Gasteiger partial charge in [-0.2, -0.15) is 0 Å². The lowest BCUT2D eigenvalue weighted by molar-refractivity contribution is -0.183. The summed E-state index contributed by atoms with van der Waals surface area (Å²) in [5.41, 5.74) is 1.48. The number of carbonyl (C=O) groups is 1. The maximum atomic E-state index is 12.6. The van der Waals surface area contributed by atoms with Gasteiger partial charge < -0.3 is 14.4 Å². The third-order valence-electron chi connectivity index (χ3n) is 4.89. The lowest BCUT2D eigenvalue weighted by atomic mass is 9.81. The van der Waals surface area contributed by atoms with Gasteiger partial charge in [-0.05, 0) is 44.2 Å². The minimum atomic E-state index is -0.200. The summed E-state index contributed by atoms with van der Waals surface area (Å²) < 4.78 is 11.7. The summed E-state index contributed by atoms with van der Waals surface area (Å²) in [5, 5.41) is 0. The Kier molecular flexibility index (Phi) is 4.45. The third kappa shape index (κ3) is 2.88. The molecule has 2 saturated heterocycles. The zero-order valence-electron chi connectivity index (χ0n) is 13.4. The van der Waals surface area contributed by atoms with Gasteiger partial charge in [0, 0.05) is 39.2 Å². The predicted molar refractivity (Wildman–Crippen MR) is 82.8 cm³/mol. The second kappa shape index (κ2) is 6.34. The molecule has 0 radical (unpaired) electrons. The molecule has 1 atom stereocenters. The molecule has 2 aliphatic heterocycles. The standard InChI is InChI=1S/C17H24N2O3/c1-13-10-14(12-18-11-13)16(20)19-7-5-17(6-8-19)15(21-2)4-3-9-22-17/h10-12,15H,3-9H2,1-2H3/t15-/m1/s1. The van der Waals surface area contributed by atoms with Crippen LogP contribution in [0.25, 0.3) is 0 Å². The molecule has 1 aromatic rings. The number of piperidine rings is 1. The van der Waals surface area contributed by atoms with Gasteiger partial charge >= 0.3 is 0 Å². The van der Waals surface area contributed by atoms with Crippen LogP contribution in [0.15, 0.2) is 18.5 Å². The molecule has 0 unspecified atom stereocenters. The van der Waals surface area contributed by atoms with Crippen LogP contribution in [0.4, 0.5) is 0 Å². The Balaban J connectivity index is 1.67. The van der Waals surface area contributed by atoms with Gasteiger partial charge in [0.05, 0.1) is 17.3 Å². The number of amides is 1. The van der Waals surface area contributed by atoms with Crippen LogP contribution in [-0.2, 0) is 9.47 Å². The van der Waals surface area contributed by atoms with Crippen LogP contribution in [0.5, 0.6) is 0 Å². The van der Waals surface area contributed by atoms with E-state index >= 15 is 0 Å². The lowest BCUT2D eigenvalue weighted by Gasteiger charge is -2.48. The fraction of sp³-hybridized carbons (Fsp3) is 0.647. The summed E-state index contributed by atoms with van der Waals surface area (Å²) in [6, 6.07) is 1.90. The van der Waals surface area contributed by atoms with Crippen molar-refractivity contribution in [3.05, 3.63) is 29.6 Å². The van der Waals surface area contributed by atoms with Crippen LogP contribution in [0, 0.1) is 6.92 Å². The molecule has 22 heavy (non-hydrogen) atoms. The molecule has 3 heterocycles. The van der Waals surface area contributed by atoms with E-state index < -0.39 is 0 Å². The number of carbonyl (C=O) groups excluding carboxylic acids is 1. The van der Waals surface area contributed by atoms with E-state index in [0.29, 0.717) is 18.7 Å². The Hall–Kier alpha value is -1.46. The number of pyridine rings is 1. The second-order valence-electron chi connectivity index (χ2n) is 6.32. The van der Waals surface area contributed by atoms with E-state index in [1.807, 2.05) is 17.9 Å². The first-order chi connectivity index (χ1) is 10.6. The summed E-state index contributed by atoms with van der Waals surface area (Å²) in [5.74, 6) is 0.0656. The largest absolute Gasteiger partial charge is 0.378 e. The Labute approximate surface area is 131 Å². The minimum absolute atomic E-state index is 0.0656. The Morgan fingerprint density at radius 3 is 2.86 bits per heavy atom. The van der Waals surface area contributed by atoms with Gasteiger partial charge in [0.25, 0.3) is 5.91 Å². The molecule has 1 aromatic heterocycles. The van der Waals surface area contributed by atoms with Gasteiger partial charge in [-0.3, -0.25) is 9.78 Å². The number of rotatable bonds is 2. The van der Waals surface area contributed by atoms with E-state index in [9.17, 15) is 4.79 Å². The van der Waals surface area contributed by atoms with Crippen LogP contribution < -0.4 is 0 Å². The van der Waals surface area contributed by atoms with Gasteiger partial charge in [0.15, 0.2) is 0 Å². The second-order valence-corrected chi connectivity index (χ2v) is 6.32. The van der Waals surface area contributed by atoms with E-state index in [-0.39, 0.29) is 17.6 Å². The van der Waals surface area contributed by atoms with Crippen LogP contribution in [-0.4, -0.2) is 54.3 Å². The van der Waals surface area contributed by atoms with Crippen molar-refractivity contribution in [2.75, 3.05) is 26.8 Å². The van der Waals surface area contributed by atoms with Crippen LogP contribution in [0.1, 0.15) is 41.6 Å². The molecule has 0 aromatic carbocycles. The molecular formula is C17H24N2O3. The molecule has 5 heteroatoms. The number of methoxy groups -OCH3 is 1. The molecule has 5 nitrogen and oxygen atoms in total. The average molecular weight is 304 g/mol. The van der Waals surface area contributed by atoms with Crippen molar-refractivity contribution < 1.29 is 14.3 Å². The van der Waals surface area contributed by atoms with Crippen molar-refractivity contribution in [1.29, 1.82) is 0 Å². The number of hydrogen-bond acceptors (Lipinski definition) is 4. The molecular weight excluding hydrogens is 280 g/mol. The zero-order valence-corrected chi connectivity index (χ0v) is 13.4. The van der Waals surface area contributed by atoms with E-state index in [0.717, 1.165) is 37.9 Å². The number of aryl methyl sites for hydroxylation is 1. The van der Waals surface area contributed by atoms with Crippen LogP contribution >= 0.6 is 0 Å². The average Bonchev–Trinajstić information content (AvgIpc) is 2.55. The van der Waals surface area contributed by atoms with Crippen molar-refractivity contribution in [2.24, 2.45) is 0 Å².